The van der Waals surface area contributed by atoms with Crippen molar-refractivity contribution in [1.82, 2.24) is 25.8 Å². The van der Waals surface area contributed by atoms with E-state index in [1.54, 1.807) is 37.5 Å². The van der Waals surface area contributed by atoms with Gasteiger partial charge >= 0.3 is 0 Å². The van der Waals surface area contributed by atoms with Crippen molar-refractivity contribution in [2.75, 3.05) is 20.7 Å². The number of amides is 2. The van der Waals surface area contributed by atoms with Crippen LogP contribution in [0.25, 0.3) is 22.0 Å². The van der Waals surface area contributed by atoms with Gasteiger partial charge in [0.25, 0.3) is 11.8 Å². The third kappa shape index (κ3) is 5.13. The summed E-state index contributed by atoms with van der Waals surface area (Å²) in [5, 5.41) is 13.2. The molecule has 180 valence electrons. The van der Waals surface area contributed by atoms with Crippen LogP contribution in [0.15, 0.2) is 54.7 Å². The summed E-state index contributed by atoms with van der Waals surface area (Å²) in [4.78, 5) is 29.2. The van der Waals surface area contributed by atoms with Gasteiger partial charge in [0.05, 0.1) is 12.6 Å². The highest BCUT2D eigenvalue weighted by atomic mass is 19.1. The number of hydrogen-bond donors (Lipinski definition) is 3. The summed E-state index contributed by atoms with van der Waals surface area (Å²) in [5.74, 6) is -0.465. The molecule has 8 nitrogen and oxygen atoms in total. The number of halogens is 1. The van der Waals surface area contributed by atoms with E-state index in [1.807, 2.05) is 19.1 Å². The van der Waals surface area contributed by atoms with Crippen molar-refractivity contribution in [3.05, 3.63) is 77.4 Å². The molecule has 2 heterocycles. The predicted octanol–water partition coefficient (Wildman–Crippen LogP) is 4.06. The van der Waals surface area contributed by atoms with Gasteiger partial charge in [-0.25, -0.2) is 9.37 Å². The first kappa shape index (κ1) is 23.9. The molecule has 0 spiro atoms. The summed E-state index contributed by atoms with van der Waals surface area (Å²) in [6.07, 6.45) is 2.32. The Balaban J connectivity index is 1.50. The van der Waals surface area contributed by atoms with Gasteiger partial charge in [-0.2, -0.15) is 5.10 Å². The Labute approximate surface area is 201 Å². The molecule has 4 aromatic rings. The van der Waals surface area contributed by atoms with E-state index in [9.17, 15) is 14.0 Å². The van der Waals surface area contributed by atoms with Crippen molar-refractivity contribution in [2.45, 2.75) is 19.3 Å². The van der Waals surface area contributed by atoms with Crippen molar-refractivity contribution in [3.8, 4) is 17.0 Å². The highest BCUT2D eigenvalue weighted by Gasteiger charge is 2.17. The van der Waals surface area contributed by atoms with E-state index in [0.29, 0.717) is 40.7 Å². The fourth-order valence-electron chi connectivity index (χ4n) is 3.88. The van der Waals surface area contributed by atoms with Gasteiger partial charge in [-0.3, -0.25) is 14.7 Å². The molecular weight excluding hydrogens is 449 g/mol. The van der Waals surface area contributed by atoms with Crippen LogP contribution < -0.4 is 15.4 Å². The quantitative estimate of drug-likeness (QED) is 0.356. The highest BCUT2D eigenvalue weighted by Crippen LogP contribution is 2.28. The highest BCUT2D eigenvalue weighted by molar-refractivity contribution is 6.05. The maximum Gasteiger partial charge on any atom is 0.272 e. The third-order valence-corrected chi connectivity index (χ3v) is 5.93. The Kier molecular flexibility index (Phi) is 7.05. The molecule has 2 amide bonds. The minimum absolute atomic E-state index is 0.156. The zero-order chi connectivity index (χ0) is 24.9. The molecule has 0 bridgehead atoms. The van der Waals surface area contributed by atoms with E-state index in [2.05, 4.69) is 25.8 Å². The van der Waals surface area contributed by atoms with E-state index in [-0.39, 0.29) is 29.4 Å². The number of carbonyl (C=O) groups is 2. The largest absolute Gasteiger partial charge is 0.480 e. The third-order valence-electron chi connectivity index (χ3n) is 5.93. The van der Waals surface area contributed by atoms with Crippen LogP contribution in [0.4, 0.5) is 4.39 Å². The normalized spacial score (nSPS) is 11.8. The number of nitrogens with one attached hydrogen (secondary N) is 3. The maximum atomic E-state index is 13.2. The van der Waals surface area contributed by atoms with Crippen LogP contribution >= 0.6 is 0 Å². The van der Waals surface area contributed by atoms with Gasteiger partial charge in [-0.1, -0.05) is 25.1 Å². The zero-order valence-corrected chi connectivity index (χ0v) is 19.7. The molecule has 0 fully saturated rings. The number of aromatic nitrogens is 3. The lowest BCUT2D eigenvalue weighted by Gasteiger charge is -2.14. The number of hydrogen-bond acceptors (Lipinski definition) is 5. The Morgan fingerprint density at radius 2 is 1.86 bits per heavy atom. The Morgan fingerprint density at radius 1 is 1.09 bits per heavy atom. The maximum absolute atomic E-state index is 13.2. The molecule has 9 heteroatoms. The molecule has 2 aromatic heterocycles. The number of rotatable bonds is 8. The summed E-state index contributed by atoms with van der Waals surface area (Å²) in [6.45, 7) is 2.47. The Morgan fingerprint density at radius 3 is 2.57 bits per heavy atom. The van der Waals surface area contributed by atoms with Crippen LogP contribution in [0.5, 0.6) is 5.88 Å². The first-order chi connectivity index (χ1) is 16.9. The molecule has 0 aliphatic heterocycles. The summed E-state index contributed by atoms with van der Waals surface area (Å²) < 4.78 is 18.5. The molecule has 0 aliphatic rings. The molecule has 2 aromatic carbocycles. The smallest absolute Gasteiger partial charge is 0.272 e. The lowest BCUT2D eigenvalue weighted by molar-refractivity contribution is 0.0944. The van der Waals surface area contributed by atoms with Gasteiger partial charge in [0, 0.05) is 30.7 Å². The number of aromatic amines is 1. The van der Waals surface area contributed by atoms with E-state index in [1.165, 1.54) is 19.2 Å². The fourth-order valence-corrected chi connectivity index (χ4v) is 3.88. The number of ether oxygens (including phenoxy) is 1. The van der Waals surface area contributed by atoms with Gasteiger partial charge in [0.15, 0.2) is 5.69 Å². The molecule has 3 N–H and O–H groups in total. The molecule has 0 saturated carbocycles. The summed E-state index contributed by atoms with van der Waals surface area (Å²) in [7, 11) is 3.02. The molecular formula is C26H26FN5O3. The lowest BCUT2D eigenvalue weighted by atomic mass is 9.98. The van der Waals surface area contributed by atoms with E-state index >= 15 is 0 Å². The predicted molar refractivity (Wildman–Crippen MR) is 131 cm³/mol. The number of benzene rings is 2. The number of H-pyrrole nitrogens is 1. The van der Waals surface area contributed by atoms with Crippen LogP contribution in [0.3, 0.4) is 0 Å². The fraction of sp³-hybridized carbons (Fsp3) is 0.231. The molecule has 0 radical (unpaired) electrons. The van der Waals surface area contributed by atoms with E-state index < -0.39 is 0 Å². The SMILES string of the molecule is CNC(=O)c1n[nH]c2cc(-c3cnc(OC)c(C(=O)NCCC(C)c4ccc(F)cc4)c3)ccc12. The van der Waals surface area contributed by atoms with Gasteiger partial charge in [0.2, 0.25) is 5.88 Å². The molecule has 1 atom stereocenters. The van der Waals surface area contributed by atoms with Crippen molar-refractivity contribution in [2.24, 2.45) is 0 Å². The number of fused-ring (bicyclic) bond motifs is 1. The number of carbonyl (C=O) groups excluding carboxylic acids is 2. The monoisotopic (exact) mass is 475 g/mol. The summed E-state index contributed by atoms with van der Waals surface area (Å²) in [6, 6.07) is 13.6. The van der Waals surface area contributed by atoms with Crippen LogP contribution in [-0.4, -0.2) is 47.7 Å². The standard InChI is InChI=1S/C26H26FN5O3/c1-15(16-4-7-19(27)8-5-16)10-11-29-24(33)21-12-18(14-30-26(21)35-3)17-6-9-20-22(13-17)31-32-23(20)25(34)28-2/h4-9,12-15H,10-11H2,1-3H3,(H,28,34)(H,29,33)(H,31,32). The van der Waals surface area contributed by atoms with Crippen LogP contribution in [0.2, 0.25) is 0 Å². The second-order valence-corrected chi connectivity index (χ2v) is 8.19. The van der Waals surface area contributed by atoms with E-state index in [4.69, 9.17) is 4.74 Å². The van der Waals surface area contributed by atoms with Crippen LogP contribution in [0, 0.1) is 5.82 Å². The lowest BCUT2D eigenvalue weighted by Crippen LogP contribution is -2.26. The van der Waals surface area contributed by atoms with Gasteiger partial charge < -0.3 is 15.4 Å². The number of methoxy groups -OCH3 is 1. The molecule has 0 aliphatic carbocycles. The van der Waals surface area contributed by atoms with Crippen molar-refractivity contribution >= 4 is 22.7 Å². The van der Waals surface area contributed by atoms with Crippen LogP contribution in [0.1, 0.15) is 45.7 Å². The first-order valence-electron chi connectivity index (χ1n) is 11.2. The minimum atomic E-state index is -0.299. The average molecular weight is 476 g/mol. The minimum Gasteiger partial charge on any atom is -0.480 e. The van der Waals surface area contributed by atoms with Crippen LogP contribution in [-0.2, 0) is 0 Å². The second-order valence-electron chi connectivity index (χ2n) is 8.19. The molecule has 1 unspecified atom stereocenters. The Hall–Kier alpha value is -4.27. The molecule has 35 heavy (non-hydrogen) atoms. The zero-order valence-electron chi connectivity index (χ0n) is 19.7. The molecule has 0 saturated heterocycles. The Bertz CT molecular complexity index is 1370. The topological polar surface area (TPSA) is 109 Å². The average Bonchev–Trinajstić information content (AvgIpc) is 3.31. The molecule has 4 rings (SSSR count). The first-order valence-corrected chi connectivity index (χ1v) is 11.2. The summed E-state index contributed by atoms with van der Waals surface area (Å²) >= 11 is 0. The van der Waals surface area contributed by atoms with Gasteiger partial charge in [0.1, 0.15) is 11.4 Å². The van der Waals surface area contributed by atoms with Gasteiger partial charge in [-0.05, 0) is 53.8 Å². The van der Waals surface area contributed by atoms with Crippen molar-refractivity contribution in [1.29, 1.82) is 0 Å². The number of nitrogens with zero attached hydrogens (tertiary/aromatic N) is 2. The van der Waals surface area contributed by atoms with Gasteiger partial charge in [-0.15, -0.1) is 0 Å². The van der Waals surface area contributed by atoms with E-state index in [0.717, 1.165) is 11.1 Å². The van der Waals surface area contributed by atoms with Crippen molar-refractivity contribution in [3.63, 3.8) is 0 Å². The second kappa shape index (κ2) is 10.3. The summed E-state index contributed by atoms with van der Waals surface area (Å²) in [5.41, 5.74) is 3.85. The number of pyridine rings is 1. The van der Waals surface area contributed by atoms with Crippen molar-refractivity contribution < 1.29 is 18.7 Å².